The van der Waals surface area contributed by atoms with Gasteiger partial charge in [-0.05, 0) is 45.8 Å². The van der Waals surface area contributed by atoms with Crippen LogP contribution >= 0.6 is 15.9 Å². The number of hydrogen-bond donors (Lipinski definition) is 1. The summed E-state index contributed by atoms with van der Waals surface area (Å²) < 4.78 is 0.285. The van der Waals surface area contributed by atoms with Gasteiger partial charge in [-0.1, -0.05) is 0 Å². The second-order valence-electron chi connectivity index (χ2n) is 4.89. The molecule has 2 aromatic rings. The molecular formula is C16H9BrN4O5. The number of nitro groups is 2. The molecule has 0 aliphatic carbocycles. The topological polar surface area (TPSA) is 139 Å². The van der Waals surface area contributed by atoms with Crippen LogP contribution in [0.3, 0.4) is 0 Å². The van der Waals surface area contributed by atoms with Gasteiger partial charge in [-0.2, -0.15) is 5.26 Å². The largest absolute Gasteiger partial charge is 0.320 e. The first-order valence-electron chi connectivity index (χ1n) is 6.93. The van der Waals surface area contributed by atoms with E-state index in [1.807, 2.05) is 0 Å². The highest BCUT2D eigenvalue weighted by Crippen LogP contribution is 2.27. The molecule has 0 saturated carbocycles. The Morgan fingerprint density at radius 3 is 2.15 bits per heavy atom. The number of nitriles is 1. The third-order valence-electron chi connectivity index (χ3n) is 3.19. The molecule has 0 unspecified atom stereocenters. The van der Waals surface area contributed by atoms with E-state index in [-0.39, 0.29) is 27.1 Å². The quantitative estimate of drug-likeness (QED) is 0.340. The Morgan fingerprint density at radius 2 is 1.65 bits per heavy atom. The number of halogens is 1. The minimum absolute atomic E-state index is 0.111. The average Bonchev–Trinajstić information content (AvgIpc) is 2.61. The third kappa shape index (κ3) is 4.49. The van der Waals surface area contributed by atoms with Gasteiger partial charge in [-0.25, -0.2) is 0 Å². The Morgan fingerprint density at radius 1 is 1.08 bits per heavy atom. The molecule has 0 spiro atoms. The Labute approximate surface area is 155 Å². The van der Waals surface area contributed by atoms with E-state index in [0.717, 1.165) is 0 Å². The number of nitrogens with zero attached hydrogens (tertiary/aromatic N) is 3. The fraction of sp³-hybridized carbons (Fsp3) is 0. The number of nitro benzene ring substituents is 2. The van der Waals surface area contributed by atoms with Crippen molar-refractivity contribution in [2.75, 3.05) is 5.32 Å². The molecule has 2 aromatic carbocycles. The van der Waals surface area contributed by atoms with Crippen LogP contribution < -0.4 is 5.32 Å². The lowest BCUT2D eigenvalue weighted by Crippen LogP contribution is -2.13. The number of carbonyl (C=O) groups is 1. The van der Waals surface area contributed by atoms with Crippen LogP contribution in [0.25, 0.3) is 6.08 Å². The van der Waals surface area contributed by atoms with Crippen molar-refractivity contribution in [1.29, 1.82) is 5.26 Å². The van der Waals surface area contributed by atoms with Crippen molar-refractivity contribution in [2.45, 2.75) is 0 Å². The number of rotatable bonds is 5. The molecule has 1 N–H and O–H groups in total. The van der Waals surface area contributed by atoms with Gasteiger partial charge in [-0.3, -0.25) is 25.0 Å². The summed E-state index contributed by atoms with van der Waals surface area (Å²) in [4.78, 5) is 32.4. The highest BCUT2D eigenvalue weighted by molar-refractivity contribution is 9.10. The lowest BCUT2D eigenvalue weighted by Gasteiger charge is -2.06. The number of anilines is 1. The van der Waals surface area contributed by atoms with Crippen LogP contribution in [-0.2, 0) is 4.79 Å². The van der Waals surface area contributed by atoms with Gasteiger partial charge in [0, 0.05) is 28.7 Å². The Bertz CT molecular complexity index is 964. The Balaban J connectivity index is 2.22. The van der Waals surface area contributed by atoms with E-state index in [1.165, 1.54) is 48.5 Å². The predicted octanol–water partition coefficient (Wildman–Crippen LogP) is 3.81. The summed E-state index contributed by atoms with van der Waals surface area (Å²) in [5.74, 6) is -0.722. The van der Waals surface area contributed by atoms with Gasteiger partial charge in [0.2, 0.25) is 0 Å². The number of benzene rings is 2. The molecule has 0 aliphatic heterocycles. The van der Waals surface area contributed by atoms with Gasteiger partial charge in [0.1, 0.15) is 11.6 Å². The monoisotopic (exact) mass is 416 g/mol. The van der Waals surface area contributed by atoms with Gasteiger partial charge < -0.3 is 5.32 Å². The molecule has 26 heavy (non-hydrogen) atoms. The van der Waals surface area contributed by atoms with E-state index in [9.17, 15) is 30.3 Å². The summed E-state index contributed by atoms with van der Waals surface area (Å²) >= 11 is 3.12. The zero-order chi connectivity index (χ0) is 19.3. The molecule has 0 atom stereocenters. The second kappa shape index (κ2) is 8.00. The maximum absolute atomic E-state index is 12.2. The van der Waals surface area contributed by atoms with Crippen LogP contribution in [0.2, 0.25) is 0 Å². The molecule has 130 valence electrons. The molecule has 0 fully saturated rings. The van der Waals surface area contributed by atoms with E-state index in [4.69, 9.17) is 0 Å². The average molecular weight is 417 g/mol. The van der Waals surface area contributed by atoms with Crippen LogP contribution in [0.5, 0.6) is 0 Å². The molecular weight excluding hydrogens is 408 g/mol. The predicted molar refractivity (Wildman–Crippen MR) is 96.1 cm³/mol. The van der Waals surface area contributed by atoms with E-state index in [0.29, 0.717) is 5.56 Å². The van der Waals surface area contributed by atoms with Gasteiger partial charge >= 0.3 is 0 Å². The maximum Gasteiger partial charge on any atom is 0.270 e. The summed E-state index contributed by atoms with van der Waals surface area (Å²) in [6.07, 6.45) is 1.28. The van der Waals surface area contributed by atoms with Gasteiger partial charge in [0.25, 0.3) is 17.3 Å². The fourth-order valence-corrected chi connectivity index (χ4v) is 2.38. The van der Waals surface area contributed by atoms with E-state index in [2.05, 4.69) is 21.2 Å². The lowest BCUT2D eigenvalue weighted by molar-refractivity contribution is -0.385. The van der Waals surface area contributed by atoms with E-state index >= 15 is 0 Å². The van der Waals surface area contributed by atoms with E-state index in [1.54, 1.807) is 6.07 Å². The van der Waals surface area contributed by atoms with Crippen molar-refractivity contribution < 1.29 is 14.6 Å². The first-order chi connectivity index (χ1) is 12.3. The SMILES string of the molecule is N#CC(=Cc1ccc([N+](=O)[O-])cc1)C(=O)Nc1ccc([N+](=O)[O-])cc1Br. The normalized spacial score (nSPS) is 10.7. The van der Waals surface area contributed by atoms with Crippen molar-refractivity contribution in [3.8, 4) is 6.07 Å². The number of carbonyl (C=O) groups excluding carboxylic acids is 1. The molecule has 0 saturated heterocycles. The Kier molecular flexibility index (Phi) is 5.77. The molecule has 0 heterocycles. The highest BCUT2D eigenvalue weighted by Gasteiger charge is 2.14. The van der Waals surface area contributed by atoms with Crippen molar-refractivity contribution in [3.63, 3.8) is 0 Å². The smallest absolute Gasteiger partial charge is 0.270 e. The van der Waals surface area contributed by atoms with Crippen LogP contribution in [-0.4, -0.2) is 15.8 Å². The van der Waals surface area contributed by atoms with Crippen molar-refractivity contribution in [2.24, 2.45) is 0 Å². The fourth-order valence-electron chi connectivity index (χ4n) is 1.92. The number of amides is 1. The van der Waals surface area contributed by atoms with Gasteiger partial charge in [-0.15, -0.1) is 0 Å². The van der Waals surface area contributed by atoms with Crippen LogP contribution in [0.15, 0.2) is 52.5 Å². The minimum Gasteiger partial charge on any atom is -0.320 e. The summed E-state index contributed by atoms with van der Waals surface area (Å²) in [5.41, 5.74) is 0.191. The molecule has 2 rings (SSSR count). The molecule has 0 radical (unpaired) electrons. The van der Waals surface area contributed by atoms with Crippen LogP contribution in [0.1, 0.15) is 5.56 Å². The molecule has 0 aliphatic rings. The molecule has 9 nitrogen and oxygen atoms in total. The van der Waals surface area contributed by atoms with Crippen molar-refractivity contribution in [1.82, 2.24) is 0 Å². The molecule has 10 heteroatoms. The number of nitrogens with one attached hydrogen (secondary N) is 1. The minimum atomic E-state index is -0.722. The zero-order valence-electron chi connectivity index (χ0n) is 12.9. The Hall–Kier alpha value is -3.58. The molecule has 0 bridgehead atoms. The second-order valence-corrected chi connectivity index (χ2v) is 5.75. The lowest BCUT2D eigenvalue weighted by atomic mass is 10.1. The van der Waals surface area contributed by atoms with Crippen LogP contribution in [0.4, 0.5) is 17.1 Å². The summed E-state index contributed by atoms with van der Waals surface area (Å²) in [7, 11) is 0. The summed E-state index contributed by atoms with van der Waals surface area (Å²) in [5, 5.41) is 33.0. The first-order valence-corrected chi connectivity index (χ1v) is 7.72. The molecule has 1 amide bonds. The molecule has 0 aromatic heterocycles. The van der Waals surface area contributed by atoms with E-state index < -0.39 is 15.8 Å². The van der Waals surface area contributed by atoms with Crippen molar-refractivity contribution in [3.05, 3.63) is 78.3 Å². The zero-order valence-corrected chi connectivity index (χ0v) is 14.5. The third-order valence-corrected chi connectivity index (χ3v) is 3.85. The van der Waals surface area contributed by atoms with Gasteiger partial charge in [0.15, 0.2) is 0 Å². The van der Waals surface area contributed by atoms with Gasteiger partial charge in [0.05, 0.1) is 15.5 Å². The van der Waals surface area contributed by atoms with Crippen LogP contribution in [0, 0.1) is 31.6 Å². The highest BCUT2D eigenvalue weighted by atomic mass is 79.9. The number of hydrogen-bond acceptors (Lipinski definition) is 6. The first kappa shape index (κ1) is 18.8. The maximum atomic E-state index is 12.2. The summed E-state index contributed by atoms with van der Waals surface area (Å²) in [6, 6.07) is 10.8. The standard InChI is InChI=1S/C16H9BrN4O5/c17-14-8-13(21(25)26)5-6-15(14)19-16(22)11(9-18)7-10-1-3-12(4-2-10)20(23)24/h1-8H,(H,19,22). The van der Waals surface area contributed by atoms with Crippen molar-refractivity contribution >= 4 is 45.0 Å². The number of non-ortho nitro benzene ring substituents is 2. The summed E-state index contributed by atoms with van der Waals surface area (Å²) in [6.45, 7) is 0.